The van der Waals surface area contributed by atoms with Crippen LogP contribution in [0.5, 0.6) is 0 Å². The van der Waals surface area contributed by atoms with Crippen LogP contribution in [0, 0.1) is 0 Å². The summed E-state index contributed by atoms with van der Waals surface area (Å²) in [6.07, 6.45) is 0. The monoisotopic (exact) mass is 710 g/mol. The van der Waals surface area contributed by atoms with Crippen LogP contribution in [0.3, 0.4) is 0 Å². The molecule has 1 N–H and O–H groups in total. The van der Waals surface area contributed by atoms with Crippen molar-refractivity contribution in [1.82, 2.24) is 22.8 Å². The van der Waals surface area contributed by atoms with Gasteiger partial charge in [0.15, 0.2) is 23.1 Å². The Bertz CT molecular complexity index is 2280. The van der Waals surface area contributed by atoms with Crippen molar-refractivity contribution in [2.75, 3.05) is 31.1 Å². The summed E-state index contributed by atoms with van der Waals surface area (Å²) in [5, 5.41) is 3.45. The number of benzene rings is 4. The van der Waals surface area contributed by atoms with E-state index in [0.29, 0.717) is 71.6 Å². The second-order valence-corrected chi connectivity index (χ2v) is 12.5. The molecule has 2 aliphatic rings. The van der Waals surface area contributed by atoms with Crippen LogP contribution in [0.15, 0.2) is 60.7 Å². The molecule has 0 saturated heterocycles. The van der Waals surface area contributed by atoms with Gasteiger partial charge >= 0.3 is 0 Å². The van der Waals surface area contributed by atoms with Gasteiger partial charge in [-0.15, -0.1) is 0 Å². The predicted octanol–water partition coefficient (Wildman–Crippen LogP) is 7.05. The number of anilines is 1. The molecule has 6 aromatic rings. The molecule has 0 bridgehead atoms. The van der Waals surface area contributed by atoms with E-state index in [1.165, 1.54) is 6.07 Å². The standard InChI is InChI=1S/C18H15N3O2S.C14H5ClN2O2S.C4H11N/c1-3-21(4-2)13-9-12-14(16-15(13)19-24-20-16)18(23)11-8-6-5-7-10(11)17(12)22;15-9-5-8-10(12-11(9)16-20-17-12)14(19)7-4-2-1-3-6(7)13(8)18;1-3-5-4-2/h5-9H,3-4H2,1-2H3;1-5H;5H,3-4H2,1-2H3. The number of ketones is 4. The van der Waals surface area contributed by atoms with Crippen LogP contribution < -0.4 is 10.2 Å². The van der Waals surface area contributed by atoms with E-state index in [4.69, 9.17) is 11.6 Å². The highest BCUT2D eigenvalue weighted by Gasteiger charge is 2.35. The Hall–Kier alpha value is -4.75. The molecule has 0 radical (unpaired) electrons. The van der Waals surface area contributed by atoms with Crippen molar-refractivity contribution >= 4 is 85.9 Å². The molecule has 0 amide bonds. The molecule has 0 saturated carbocycles. The lowest BCUT2D eigenvalue weighted by Gasteiger charge is -2.24. The van der Waals surface area contributed by atoms with Gasteiger partial charge in [0.25, 0.3) is 0 Å². The predicted molar refractivity (Wildman–Crippen MR) is 194 cm³/mol. The third kappa shape index (κ3) is 5.95. The Morgan fingerprint density at radius 3 is 1.43 bits per heavy atom. The van der Waals surface area contributed by atoms with Crippen LogP contribution in [0.1, 0.15) is 91.4 Å². The first-order valence-electron chi connectivity index (χ1n) is 15.8. The number of halogens is 1. The summed E-state index contributed by atoms with van der Waals surface area (Å²) in [5.41, 5.74) is 6.12. The van der Waals surface area contributed by atoms with Crippen LogP contribution in [0.4, 0.5) is 5.69 Å². The maximum atomic E-state index is 13.0. The lowest BCUT2D eigenvalue weighted by atomic mass is 9.83. The molecule has 2 heterocycles. The molecule has 0 fully saturated rings. The van der Waals surface area contributed by atoms with E-state index in [0.717, 1.165) is 55.3 Å². The van der Waals surface area contributed by atoms with E-state index in [1.54, 1.807) is 48.5 Å². The van der Waals surface area contributed by atoms with Gasteiger partial charge in [-0.25, -0.2) is 0 Å². The average Bonchev–Trinajstić information content (AvgIpc) is 3.82. The molecule has 248 valence electrons. The fourth-order valence-corrected chi connectivity index (χ4v) is 7.44. The first-order chi connectivity index (χ1) is 23.8. The molecule has 0 atom stereocenters. The molecular formula is C36H31ClN6O4S2. The van der Waals surface area contributed by atoms with E-state index in [9.17, 15) is 19.2 Å². The summed E-state index contributed by atoms with van der Waals surface area (Å²) in [5.74, 6) is -0.677. The number of hydrogen-bond acceptors (Lipinski definition) is 12. The third-order valence-electron chi connectivity index (χ3n) is 8.39. The summed E-state index contributed by atoms with van der Waals surface area (Å²) < 4.78 is 16.9. The van der Waals surface area contributed by atoms with Gasteiger partial charge in [-0.3, -0.25) is 19.2 Å². The Morgan fingerprint density at radius 1 is 0.571 bits per heavy atom. The summed E-state index contributed by atoms with van der Waals surface area (Å²) in [6.45, 7) is 12.1. The average molecular weight is 711 g/mol. The Labute approximate surface area is 295 Å². The molecule has 49 heavy (non-hydrogen) atoms. The minimum Gasteiger partial charge on any atom is -0.370 e. The van der Waals surface area contributed by atoms with Crippen LogP contribution in [-0.4, -0.2) is 66.8 Å². The van der Waals surface area contributed by atoms with Gasteiger partial charge in [0.1, 0.15) is 22.1 Å². The fourth-order valence-electron chi connectivity index (χ4n) is 6.02. The molecule has 4 aromatic carbocycles. The van der Waals surface area contributed by atoms with Crippen LogP contribution in [-0.2, 0) is 0 Å². The SMILES string of the molecule is CCN(CC)c1cc2c(c3nsnc13)C(=O)c1ccccc1C2=O.CCNCC.O=C1c2ccccc2C(=O)c2c1cc(Cl)c1nsnc21. The maximum absolute atomic E-state index is 13.0. The molecule has 0 spiro atoms. The van der Waals surface area contributed by atoms with Crippen molar-refractivity contribution in [3.8, 4) is 0 Å². The van der Waals surface area contributed by atoms with E-state index < -0.39 is 0 Å². The molecule has 10 nitrogen and oxygen atoms in total. The number of hydrogen-bond donors (Lipinski definition) is 1. The van der Waals surface area contributed by atoms with Crippen molar-refractivity contribution in [3.05, 3.63) is 110 Å². The zero-order valence-electron chi connectivity index (χ0n) is 27.2. The topological polar surface area (TPSA) is 135 Å². The Balaban J connectivity index is 0.000000152. The first-order valence-corrected chi connectivity index (χ1v) is 17.7. The quantitative estimate of drug-likeness (QED) is 0.198. The van der Waals surface area contributed by atoms with Gasteiger partial charge < -0.3 is 10.2 Å². The van der Waals surface area contributed by atoms with Gasteiger partial charge in [0, 0.05) is 46.5 Å². The van der Waals surface area contributed by atoms with Crippen LogP contribution in [0.2, 0.25) is 5.02 Å². The lowest BCUT2D eigenvalue weighted by Crippen LogP contribution is -2.25. The second kappa shape index (κ2) is 14.4. The molecule has 8 rings (SSSR count). The normalized spacial score (nSPS) is 12.8. The number of aromatic nitrogens is 4. The molecule has 0 aliphatic heterocycles. The number of nitrogens with zero attached hydrogens (tertiary/aromatic N) is 5. The van der Waals surface area contributed by atoms with Crippen molar-refractivity contribution in [2.45, 2.75) is 27.7 Å². The van der Waals surface area contributed by atoms with E-state index >= 15 is 0 Å². The molecule has 2 aromatic heterocycles. The van der Waals surface area contributed by atoms with Crippen LogP contribution >= 0.6 is 35.1 Å². The number of carbonyl (C=O) groups is 4. The van der Waals surface area contributed by atoms with Gasteiger partial charge in [0.2, 0.25) is 0 Å². The van der Waals surface area contributed by atoms with Gasteiger partial charge in [-0.1, -0.05) is 74.0 Å². The molecular weight excluding hydrogens is 680 g/mol. The number of fused-ring (bicyclic) bond motifs is 8. The second-order valence-electron chi connectivity index (χ2n) is 11.1. The van der Waals surface area contributed by atoms with Crippen LogP contribution in [0.25, 0.3) is 22.1 Å². The molecule has 0 unspecified atom stereocenters. The van der Waals surface area contributed by atoms with Crippen molar-refractivity contribution in [3.63, 3.8) is 0 Å². The lowest BCUT2D eigenvalue weighted by molar-refractivity contribution is 0.0980. The number of rotatable bonds is 5. The first kappa shape index (κ1) is 34.1. The number of carbonyl (C=O) groups excluding carboxylic acids is 4. The third-order valence-corrected chi connectivity index (χ3v) is 9.74. The highest BCUT2D eigenvalue weighted by molar-refractivity contribution is 7.00. The van der Waals surface area contributed by atoms with Gasteiger partial charge in [-0.05, 0) is 39.1 Å². The van der Waals surface area contributed by atoms with E-state index in [-0.39, 0.29) is 23.1 Å². The fraction of sp³-hybridized carbons (Fsp3) is 0.222. The van der Waals surface area contributed by atoms with Gasteiger partial charge in [-0.2, -0.15) is 17.5 Å². The smallest absolute Gasteiger partial charge is 0.196 e. The summed E-state index contributed by atoms with van der Waals surface area (Å²) in [7, 11) is 0. The Morgan fingerprint density at radius 2 is 0.980 bits per heavy atom. The van der Waals surface area contributed by atoms with Crippen molar-refractivity contribution < 1.29 is 19.2 Å². The largest absolute Gasteiger partial charge is 0.370 e. The van der Waals surface area contributed by atoms with E-state index in [2.05, 4.69) is 55.4 Å². The summed E-state index contributed by atoms with van der Waals surface area (Å²) in [6, 6.07) is 17.1. The number of nitrogens with one attached hydrogen (secondary N) is 1. The minimum atomic E-state index is -0.204. The summed E-state index contributed by atoms with van der Waals surface area (Å²) in [4.78, 5) is 53.2. The van der Waals surface area contributed by atoms with Gasteiger partial charge in [0.05, 0.1) is 45.3 Å². The van der Waals surface area contributed by atoms with Crippen molar-refractivity contribution in [1.29, 1.82) is 0 Å². The summed E-state index contributed by atoms with van der Waals surface area (Å²) >= 11 is 8.17. The van der Waals surface area contributed by atoms with E-state index in [1.807, 2.05) is 6.07 Å². The highest BCUT2D eigenvalue weighted by atomic mass is 35.5. The highest BCUT2D eigenvalue weighted by Crippen LogP contribution is 2.38. The molecule has 13 heteroatoms. The minimum absolute atomic E-state index is 0.122. The maximum Gasteiger partial charge on any atom is 0.196 e. The Kier molecular flexibility index (Phi) is 10.0. The molecule has 2 aliphatic carbocycles. The zero-order valence-corrected chi connectivity index (χ0v) is 29.6. The zero-order chi connectivity index (χ0) is 34.8. The van der Waals surface area contributed by atoms with Crippen molar-refractivity contribution in [2.24, 2.45) is 0 Å².